The number of pyridine rings is 1. The number of carbonyl (C=O) groups excluding carboxylic acids is 1. The molecule has 9 nitrogen and oxygen atoms in total. The summed E-state index contributed by atoms with van der Waals surface area (Å²) < 4.78 is 1.69. The molecule has 0 aromatic carbocycles. The third-order valence-corrected chi connectivity index (χ3v) is 3.52. The maximum absolute atomic E-state index is 11.7. The van der Waals surface area contributed by atoms with Crippen LogP contribution in [0, 0.1) is 0 Å². The van der Waals surface area contributed by atoms with Gasteiger partial charge in [0.15, 0.2) is 0 Å². The maximum atomic E-state index is 11.7. The van der Waals surface area contributed by atoms with Gasteiger partial charge in [-0.25, -0.2) is 19.4 Å². The van der Waals surface area contributed by atoms with Crippen LogP contribution in [0.25, 0.3) is 11.8 Å². The van der Waals surface area contributed by atoms with Crippen molar-refractivity contribution in [2.24, 2.45) is 5.73 Å². The SMILES string of the molecule is CC(C)(C)N(C(=O)O)c1ccc(C(=Cn2cnc(Br)n2)C(N)=O)cn1. The second kappa shape index (κ2) is 7.01. The van der Waals surface area contributed by atoms with Gasteiger partial charge in [-0.2, -0.15) is 0 Å². The molecule has 0 bridgehead atoms. The van der Waals surface area contributed by atoms with E-state index < -0.39 is 17.5 Å². The summed E-state index contributed by atoms with van der Waals surface area (Å²) in [4.78, 5) is 32.4. The molecule has 0 saturated carbocycles. The van der Waals surface area contributed by atoms with Gasteiger partial charge in [0.1, 0.15) is 12.1 Å². The molecule has 0 fully saturated rings. The molecular weight excluding hydrogens is 392 g/mol. The molecule has 0 aliphatic heterocycles. The third kappa shape index (κ3) is 4.41. The van der Waals surface area contributed by atoms with Crippen molar-refractivity contribution in [3.63, 3.8) is 0 Å². The zero-order valence-corrected chi connectivity index (χ0v) is 15.4. The molecule has 2 amide bonds. The largest absolute Gasteiger partial charge is 0.465 e. The Morgan fingerprint density at radius 3 is 2.40 bits per heavy atom. The van der Waals surface area contributed by atoms with Crippen LogP contribution in [0.1, 0.15) is 26.3 Å². The zero-order valence-electron chi connectivity index (χ0n) is 13.8. The van der Waals surface area contributed by atoms with Gasteiger partial charge in [-0.05, 0) is 48.8 Å². The number of halogens is 1. The second-order valence-electron chi connectivity index (χ2n) is 6.09. The number of nitrogens with zero attached hydrogens (tertiary/aromatic N) is 5. The van der Waals surface area contributed by atoms with E-state index in [-0.39, 0.29) is 11.4 Å². The molecule has 10 heteroatoms. The molecule has 0 spiro atoms. The smallest absolute Gasteiger partial charge is 0.413 e. The summed E-state index contributed by atoms with van der Waals surface area (Å²) in [7, 11) is 0. The van der Waals surface area contributed by atoms with E-state index in [1.807, 2.05) is 0 Å². The van der Waals surface area contributed by atoms with E-state index in [4.69, 9.17) is 5.73 Å². The van der Waals surface area contributed by atoms with Crippen LogP contribution in [-0.2, 0) is 4.79 Å². The number of amides is 2. The summed E-state index contributed by atoms with van der Waals surface area (Å²) in [5.74, 6) is -0.428. The molecule has 3 N–H and O–H groups in total. The minimum atomic E-state index is -1.12. The van der Waals surface area contributed by atoms with E-state index in [9.17, 15) is 14.7 Å². The van der Waals surface area contributed by atoms with Gasteiger partial charge < -0.3 is 10.8 Å². The fourth-order valence-electron chi connectivity index (χ4n) is 2.13. The van der Waals surface area contributed by atoms with Crippen LogP contribution in [0.15, 0.2) is 29.4 Å². The highest BCUT2D eigenvalue weighted by atomic mass is 79.9. The van der Waals surface area contributed by atoms with Crippen molar-refractivity contribution in [1.29, 1.82) is 0 Å². The standard InChI is InChI=1S/C15H17BrN6O3/c1-15(2,3)22(14(24)25)11-5-4-9(6-18-11)10(12(17)23)7-21-8-19-13(16)20-21/h4-8H,1-3H3,(H2,17,23)(H,24,25). The second-order valence-corrected chi connectivity index (χ2v) is 6.80. The monoisotopic (exact) mass is 408 g/mol. The van der Waals surface area contributed by atoms with Crippen molar-refractivity contribution in [1.82, 2.24) is 19.7 Å². The molecule has 0 unspecified atom stereocenters. The van der Waals surface area contributed by atoms with Crippen molar-refractivity contribution >= 4 is 45.5 Å². The van der Waals surface area contributed by atoms with E-state index in [1.54, 1.807) is 26.8 Å². The van der Waals surface area contributed by atoms with Crippen LogP contribution in [0.4, 0.5) is 10.6 Å². The number of nitrogens with two attached hydrogens (primary N) is 1. The quantitative estimate of drug-likeness (QED) is 0.746. The first-order valence-electron chi connectivity index (χ1n) is 7.17. The van der Waals surface area contributed by atoms with Gasteiger partial charge in [-0.1, -0.05) is 0 Å². The first-order valence-corrected chi connectivity index (χ1v) is 7.96. The van der Waals surface area contributed by atoms with Crippen LogP contribution >= 0.6 is 15.9 Å². The Kier molecular flexibility index (Phi) is 5.21. The van der Waals surface area contributed by atoms with E-state index in [2.05, 4.69) is 31.0 Å². The molecule has 0 aliphatic carbocycles. The first-order chi connectivity index (χ1) is 11.6. The van der Waals surface area contributed by atoms with Crippen LogP contribution in [0.3, 0.4) is 0 Å². The molecule has 0 saturated heterocycles. The van der Waals surface area contributed by atoms with E-state index in [0.29, 0.717) is 10.3 Å². The molecule has 0 aliphatic rings. The fourth-order valence-corrected chi connectivity index (χ4v) is 2.41. The number of carboxylic acid groups (broad SMARTS) is 1. The van der Waals surface area contributed by atoms with Gasteiger partial charge in [-0.15, -0.1) is 5.10 Å². The Morgan fingerprint density at radius 1 is 1.32 bits per heavy atom. The Hall–Kier alpha value is -2.75. The molecule has 132 valence electrons. The summed E-state index contributed by atoms with van der Waals surface area (Å²) >= 11 is 3.11. The lowest BCUT2D eigenvalue weighted by molar-refractivity contribution is -0.112. The normalized spacial score (nSPS) is 12.1. The number of carbonyl (C=O) groups is 2. The Balaban J connectivity index is 2.41. The van der Waals surface area contributed by atoms with Gasteiger partial charge in [-0.3, -0.25) is 9.69 Å². The van der Waals surface area contributed by atoms with Gasteiger partial charge >= 0.3 is 6.09 Å². The average Bonchev–Trinajstić information content (AvgIpc) is 2.89. The highest BCUT2D eigenvalue weighted by Gasteiger charge is 2.28. The molecular formula is C15H17BrN6O3. The molecule has 2 aromatic rings. The molecule has 2 aromatic heterocycles. The first kappa shape index (κ1) is 18.6. The molecule has 0 atom stereocenters. The van der Waals surface area contributed by atoms with E-state index >= 15 is 0 Å². The highest BCUT2D eigenvalue weighted by molar-refractivity contribution is 9.10. The lowest BCUT2D eigenvalue weighted by atomic mass is 10.1. The van der Waals surface area contributed by atoms with Crippen molar-refractivity contribution in [2.75, 3.05) is 4.90 Å². The number of anilines is 1. The Labute approximate surface area is 152 Å². The maximum Gasteiger partial charge on any atom is 0.413 e. The van der Waals surface area contributed by atoms with E-state index in [0.717, 1.165) is 4.90 Å². The van der Waals surface area contributed by atoms with Crippen LogP contribution in [-0.4, -0.2) is 42.4 Å². The molecule has 25 heavy (non-hydrogen) atoms. The number of hydrogen-bond acceptors (Lipinski definition) is 5. The van der Waals surface area contributed by atoms with Gasteiger partial charge in [0.2, 0.25) is 4.73 Å². The van der Waals surface area contributed by atoms with Crippen molar-refractivity contribution in [3.8, 4) is 0 Å². The summed E-state index contributed by atoms with van der Waals surface area (Å²) in [5.41, 5.74) is 5.35. The predicted octanol–water partition coefficient (Wildman–Crippen LogP) is 2.20. The van der Waals surface area contributed by atoms with Gasteiger partial charge in [0.05, 0.1) is 5.57 Å². The third-order valence-electron chi connectivity index (χ3n) is 3.16. The molecule has 2 heterocycles. The van der Waals surface area contributed by atoms with Gasteiger partial charge in [0.25, 0.3) is 5.91 Å². The highest BCUT2D eigenvalue weighted by Crippen LogP contribution is 2.24. The Morgan fingerprint density at radius 2 is 2.00 bits per heavy atom. The number of aromatic nitrogens is 4. The fraction of sp³-hybridized carbons (Fsp3) is 0.267. The van der Waals surface area contributed by atoms with E-state index in [1.165, 1.54) is 29.5 Å². The number of primary amides is 1. The van der Waals surface area contributed by atoms with Crippen molar-refractivity contribution in [3.05, 3.63) is 35.0 Å². The lowest BCUT2D eigenvalue weighted by Crippen LogP contribution is -2.45. The topological polar surface area (TPSA) is 127 Å². The Bertz CT molecular complexity index is 823. The lowest BCUT2D eigenvalue weighted by Gasteiger charge is -2.32. The summed E-state index contributed by atoms with van der Waals surface area (Å²) in [5, 5.41) is 13.4. The number of hydrogen-bond donors (Lipinski definition) is 2. The molecule has 0 radical (unpaired) electrons. The summed E-state index contributed by atoms with van der Waals surface area (Å²) in [6, 6.07) is 3.09. The average molecular weight is 409 g/mol. The minimum Gasteiger partial charge on any atom is -0.465 e. The summed E-state index contributed by atoms with van der Waals surface area (Å²) in [6.07, 6.45) is 3.08. The van der Waals surface area contributed by atoms with Crippen LogP contribution in [0.5, 0.6) is 0 Å². The van der Waals surface area contributed by atoms with Crippen LogP contribution < -0.4 is 10.6 Å². The van der Waals surface area contributed by atoms with Crippen molar-refractivity contribution < 1.29 is 14.7 Å². The zero-order chi connectivity index (χ0) is 18.8. The molecule has 2 rings (SSSR count). The van der Waals surface area contributed by atoms with Crippen molar-refractivity contribution in [2.45, 2.75) is 26.3 Å². The van der Waals surface area contributed by atoms with Crippen LogP contribution in [0.2, 0.25) is 0 Å². The minimum absolute atomic E-state index is 0.161. The van der Waals surface area contributed by atoms with Gasteiger partial charge in [0, 0.05) is 23.5 Å². The summed E-state index contributed by atoms with van der Waals surface area (Å²) in [6.45, 7) is 5.27. The number of rotatable bonds is 4. The predicted molar refractivity (Wildman–Crippen MR) is 95.6 cm³/mol.